The van der Waals surface area contributed by atoms with Crippen molar-refractivity contribution in [3.05, 3.63) is 51.4 Å². The van der Waals surface area contributed by atoms with Crippen molar-refractivity contribution in [1.29, 1.82) is 0 Å². The number of alkyl halides is 3. The Morgan fingerprint density at radius 1 is 1.19 bits per heavy atom. The van der Waals surface area contributed by atoms with Gasteiger partial charge in [-0.3, -0.25) is 4.79 Å². The molecule has 2 aliphatic rings. The summed E-state index contributed by atoms with van der Waals surface area (Å²) < 4.78 is 40.2. The molecule has 0 amide bonds. The molecule has 0 atom stereocenters. The van der Waals surface area contributed by atoms with Crippen LogP contribution < -0.4 is 21.1 Å². The van der Waals surface area contributed by atoms with Crippen molar-refractivity contribution in [3.8, 4) is 0 Å². The summed E-state index contributed by atoms with van der Waals surface area (Å²) in [5.41, 5.74) is 0.289. The number of nitrogens with zero attached hydrogens (tertiary/aromatic N) is 2. The number of anilines is 2. The molecule has 2 aliphatic heterocycles. The molecule has 0 unspecified atom stereocenters. The molecule has 0 saturated carbocycles. The molecule has 0 aliphatic carbocycles. The molecule has 1 aromatic heterocycles. The fourth-order valence-electron chi connectivity index (χ4n) is 3.82. The normalized spacial score (nSPS) is 17.8. The Hall–Kier alpha value is -2.55. The van der Waals surface area contributed by atoms with E-state index in [0.717, 1.165) is 48.9 Å². The van der Waals surface area contributed by atoms with Gasteiger partial charge in [-0.15, -0.1) is 0 Å². The summed E-state index contributed by atoms with van der Waals surface area (Å²) in [4.78, 5) is 13.3. The van der Waals surface area contributed by atoms with Crippen LogP contribution in [0.4, 0.5) is 24.5 Å². The molecule has 144 valence electrons. The van der Waals surface area contributed by atoms with Gasteiger partial charge in [-0.25, -0.2) is 5.10 Å². The van der Waals surface area contributed by atoms with Crippen molar-refractivity contribution >= 4 is 11.4 Å². The monoisotopic (exact) mass is 379 g/mol. The maximum Gasteiger partial charge on any atom is 0.423 e. The van der Waals surface area contributed by atoms with Gasteiger partial charge < -0.3 is 15.5 Å². The highest BCUT2D eigenvalue weighted by Gasteiger charge is 2.39. The summed E-state index contributed by atoms with van der Waals surface area (Å²) in [6.07, 6.45) is -1.65. The van der Waals surface area contributed by atoms with E-state index in [-0.39, 0.29) is 5.69 Å². The highest BCUT2D eigenvalue weighted by Crippen LogP contribution is 2.38. The summed E-state index contributed by atoms with van der Waals surface area (Å²) in [5.74, 6) is 0. The van der Waals surface area contributed by atoms with Crippen LogP contribution in [0.2, 0.25) is 0 Å². The number of H-pyrrole nitrogens is 1. The van der Waals surface area contributed by atoms with Crippen molar-refractivity contribution < 1.29 is 13.2 Å². The lowest BCUT2D eigenvalue weighted by molar-refractivity contribution is -0.138. The summed E-state index contributed by atoms with van der Waals surface area (Å²) >= 11 is 0. The minimum absolute atomic E-state index is 0.185. The van der Waals surface area contributed by atoms with E-state index in [9.17, 15) is 18.0 Å². The molecule has 0 spiro atoms. The summed E-state index contributed by atoms with van der Waals surface area (Å²) in [5, 5.41) is 12.3. The van der Waals surface area contributed by atoms with E-state index in [2.05, 4.69) is 15.7 Å². The molecule has 4 rings (SSSR count). The molecule has 0 bridgehead atoms. The highest BCUT2D eigenvalue weighted by atomic mass is 19.4. The third-order valence-electron chi connectivity index (χ3n) is 5.14. The highest BCUT2D eigenvalue weighted by molar-refractivity contribution is 5.63. The van der Waals surface area contributed by atoms with E-state index in [1.807, 2.05) is 23.3 Å². The van der Waals surface area contributed by atoms with Crippen LogP contribution in [0.15, 0.2) is 29.2 Å². The molecule has 0 radical (unpaired) electrons. The van der Waals surface area contributed by atoms with Gasteiger partial charge in [-0.2, -0.15) is 18.3 Å². The average Bonchev–Trinajstić information content (AvgIpc) is 3.06. The zero-order chi connectivity index (χ0) is 19.0. The molecule has 1 saturated heterocycles. The van der Waals surface area contributed by atoms with Crippen LogP contribution in [0, 0.1) is 0 Å². The van der Waals surface area contributed by atoms with Gasteiger partial charge >= 0.3 is 6.18 Å². The second kappa shape index (κ2) is 6.88. The topological polar surface area (TPSA) is 73.0 Å². The Balaban J connectivity index is 1.63. The lowest BCUT2D eigenvalue weighted by Gasteiger charge is -2.26. The summed E-state index contributed by atoms with van der Waals surface area (Å²) in [6, 6.07) is 6.13. The first kappa shape index (κ1) is 17.8. The van der Waals surface area contributed by atoms with Gasteiger partial charge in [-0.05, 0) is 43.1 Å². The van der Waals surface area contributed by atoms with Crippen LogP contribution in [0.5, 0.6) is 0 Å². The van der Waals surface area contributed by atoms with Crippen LogP contribution in [0.1, 0.15) is 29.5 Å². The Morgan fingerprint density at radius 2 is 1.96 bits per heavy atom. The zero-order valence-corrected chi connectivity index (χ0v) is 14.6. The van der Waals surface area contributed by atoms with Gasteiger partial charge in [-0.1, -0.05) is 12.1 Å². The van der Waals surface area contributed by atoms with Gasteiger partial charge in [0.15, 0.2) is 0 Å². The SMILES string of the molecule is O=c1[nH]ncc(N2Cc3cccc(NC4CCNCC4)c3C2)c1C(F)(F)F. The molecule has 1 aromatic carbocycles. The largest absolute Gasteiger partial charge is 0.423 e. The Kier molecular flexibility index (Phi) is 4.55. The number of halogens is 3. The van der Waals surface area contributed by atoms with E-state index in [1.165, 1.54) is 0 Å². The number of hydrogen-bond acceptors (Lipinski definition) is 5. The Morgan fingerprint density at radius 3 is 2.70 bits per heavy atom. The molecular weight excluding hydrogens is 359 g/mol. The number of benzene rings is 1. The third-order valence-corrected chi connectivity index (χ3v) is 5.14. The summed E-state index contributed by atoms with van der Waals surface area (Å²) in [7, 11) is 0. The van der Waals surface area contributed by atoms with E-state index in [0.29, 0.717) is 19.1 Å². The molecular formula is C18H20F3N5O. The molecule has 2 aromatic rings. The fraction of sp³-hybridized carbons (Fsp3) is 0.444. The van der Waals surface area contributed by atoms with Gasteiger partial charge in [0.2, 0.25) is 0 Å². The zero-order valence-electron chi connectivity index (χ0n) is 14.6. The Bertz CT molecular complexity index is 889. The quantitative estimate of drug-likeness (QED) is 0.764. The number of aromatic amines is 1. The predicted octanol–water partition coefficient (Wildman–Crippen LogP) is 2.47. The maximum absolute atomic E-state index is 13.4. The van der Waals surface area contributed by atoms with Crippen LogP contribution >= 0.6 is 0 Å². The van der Waals surface area contributed by atoms with Crippen LogP contribution in [0.3, 0.4) is 0 Å². The molecule has 6 nitrogen and oxygen atoms in total. The Labute approximate surface area is 153 Å². The first-order chi connectivity index (χ1) is 12.9. The molecule has 1 fully saturated rings. The predicted molar refractivity (Wildman–Crippen MR) is 95.7 cm³/mol. The number of piperidine rings is 1. The van der Waals surface area contributed by atoms with Crippen molar-refractivity contribution in [2.24, 2.45) is 0 Å². The van der Waals surface area contributed by atoms with Crippen LogP contribution in [-0.2, 0) is 19.3 Å². The number of hydrogen-bond donors (Lipinski definition) is 3. The van der Waals surface area contributed by atoms with E-state index in [1.54, 1.807) is 4.90 Å². The molecule has 27 heavy (non-hydrogen) atoms. The molecule has 3 N–H and O–H groups in total. The van der Waals surface area contributed by atoms with Gasteiger partial charge in [0, 0.05) is 24.8 Å². The lowest BCUT2D eigenvalue weighted by Crippen LogP contribution is -2.35. The first-order valence-electron chi connectivity index (χ1n) is 8.91. The number of rotatable bonds is 3. The van der Waals surface area contributed by atoms with Gasteiger partial charge in [0.1, 0.15) is 5.56 Å². The number of nitrogens with one attached hydrogen (secondary N) is 3. The lowest BCUT2D eigenvalue weighted by atomic mass is 10.0. The smallest absolute Gasteiger partial charge is 0.382 e. The van der Waals surface area contributed by atoms with Gasteiger partial charge in [0.25, 0.3) is 5.56 Å². The van der Waals surface area contributed by atoms with Crippen molar-refractivity contribution in [1.82, 2.24) is 15.5 Å². The van der Waals surface area contributed by atoms with Crippen LogP contribution in [-0.4, -0.2) is 29.3 Å². The second-order valence-electron chi connectivity index (χ2n) is 6.93. The fourth-order valence-corrected chi connectivity index (χ4v) is 3.82. The second-order valence-corrected chi connectivity index (χ2v) is 6.93. The number of fused-ring (bicyclic) bond motifs is 1. The van der Waals surface area contributed by atoms with E-state index in [4.69, 9.17) is 0 Å². The maximum atomic E-state index is 13.4. The van der Waals surface area contributed by atoms with E-state index >= 15 is 0 Å². The van der Waals surface area contributed by atoms with E-state index < -0.39 is 17.3 Å². The van der Waals surface area contributed by atoms with Crippen LogP contribution in [0.25, 0.3) is 0 Å². The van der Waals surface area contributed by atoms with Crippen molar-refractivity contribution in [3.63, 3.8) is 0 Å². The summed E-state index contributed by atoms with van der Waals surface area (Å²) in [6.45, 7) is 2.52. The third kappa shape index (κ3) is 3.51. The van der Waals surface area contributed by atoms with Crippen molar-refractivity contribution in [2.75, 3.05) is 23.3 Å². The minimum Gasteiger partial charge on any atom is -0.382 e. The standard InChI is InChI=1S/C18H20F3N5O/c19-18(20,21)16-15(8-23-25-17(16)27)26-9-11-2-1-3-14(13(11)10-26)24-12-4-6-22-7-5-12/h1-3,8,12,22,24H,4-7,9-10H2,(H,25,27). The van der Waals surface area contributed by atoms with Gasteiger partial charge in [0.05, 0.1) is 11.9 Å². The molecule has 9 heteroatoms. The minimum atomic E-state index is -4.74. The average molecular weight is 379 g/mol. The van der Waals surface area contributed by atoms with Crippen molar-refractivity contribution in [2.45, 2.75) is 38.1 Å². The number of aromatic nitrogens is 2. The molecule has 3 heterocycles. The first-order valence-corrected chi connectivity index (χ1v) is 8.91.